The second-order valence-electron chi connectivity index (χ2n) is 12.6. The van der Waals surface area contributed by atoms with Crippen molar-refractivity contribution in [1.29, 1.82) is 0 Å². The molecule has 1 fully saturated rings. The maximum Gasteiger partial charge on any atom is 0.429 e. The number of nitrogens with two attached hydrogens (primary N) is 1. The molecule has 3 heterocycles. The van der Waals surface area contributed by atoms with Gasteiger partial charge in [-0.05, 0) is 78.5 Å². The number of anilines is 1. The Morgan fingerprint density at radius 2 is 1.87 bits per heavy atom. The fraction of sp³-hybridized carbons (Fsp3) is 0.361. The van der Waals surface area contributed by atoms with Crippen LogP contribution in [-0.4, -0.2) is 76.5 Å². The molecule has 2 aliphatic heterocycles. The molecular weight excluding hydrogens is 707 g/mol. The molecular formula is C36H37ClF3N5O7. The van der Waals surface area contributed by atoms with Crippen LogP contribution < -0.4 is 21.1 Å². The number of nitrogen functional groups attached to an aromatic ring is 1. The molecule has 12 nitrogen and oxygen atoms in total. The highest BCUT2D eigenvalue weighted by atomic mass is 35.5. The predicted octanol–water partition coefficient (Wildman–Crippen LogP) is 5.70. The summed E-state index contributed by atoms with van der Waals surface area (Å²) in [5.41, 5.74) is 8.17. The summed E-state index contributed by atoms with van der Waals surface area (Å²) in [7, 11) is 0. The van der Waals surface area contributed by atoms with Gasteiger partial charge in [0.2, 0.25) is 17.9 Å². The van der Waals surface area contributed by atoms with E-state index in [0.29, 0.717) is 72.7 Å². The third-order valence-electron chi connectivity index (χ3n) is 8.94. The van der Waals surface area contributed by atoms with E-state index >= 15 is 0 Å². The minimum Gasteiger partial charge on any atom is -0.480 e. The van der Waals surface area contributed by atoms with Crippen molar-refractivity contribution < 1.29 is 47.2 Å². The van der Waals surface area contributed by atoms with Crippen LogP contribution in [0.5, 0.6) is 5.88 Å². The van der Waals surface area contributed by atoms with Crippen LogP contribution in [0.1, 0.15) is 65.4 Å². The number of aliphatic carboxylic acids is 2. The Kier molecular flexibility index (Phi) is 12.2. The molecule has 3 atom stereocenters. The van der Waals surface area contributed by atoms with Crippen molar-refractivity contribution in [1.82, 2.24) is 20.6 Å². The number of amides is 1. The lowest BCUT2D eigenvalue weighted by molar-refractivity contribution is -0.198. The number of carboxylic acids is 2. The van der Waals surface area contributed by atoms with E-state index in [2.05, 4.69) is 20.6 Å². The summed E-state index contributed by atoms with van der Waals surface area (Å²) in [4.78, 5) is 40.8. The Balaban J connectivity index is 0.000000340. The number of aromatic nitrogens is 2. The van der Waals surface area contributed by atoms with Gasteiger partial charge < -0.3 is 36.1 Å². The van der Waals surface area contributed by atoms with Gasteiger partial charge in [0.25, 0.3) is 5.91 Å². The lowest BCUT2D eigenvalue weighted by Gasteiger charge is -2.32. The highest BCUT2D eigenvalue weighted by Crippen LogP contribution is 2.45. The van der Waals surface area contributed by atoms with Crippen LogP contribution in [0.4, 0.5) is 19.1 Å². The quantitative estimate of drug-likeness (QED) is 0.181. The number of hydrogen-bond donors (Lipinski definition) is 5. The molecule has 276 valence electrons. The first-order valence-corrected chi connectivity index (χ1v) is 16.8. The van der Waals surface area contributed by atoms with E-state index in [1.807, 2.05) is 12.2 Å². The van der Waals surface area contributed by atoms with E-state index in [4.69, 9.17) is 31.9 Å². The largest absolute Gasteiger partial charge is 0.480 e. The molecule has 0 bridgehead atoms. The molecule has 52 heavy (non-hydrogen) atoms. The van der Waals surface area contributed by atoms with E-state index in [1.54, 1.807) is 30.3 Å². The smallest absolute Gasteiger partial charge is 0.429 e. The predicted molar refractivity (Wildman–Crippen MR) is 185 cm³/mol. The van der Waals surface area contributed by atoms with Gasteiger partial charge in [0.05, 0.1) is 18.9 Å². The van der Waals surface area contributed by atoms with Crippen molar-refractivity contribution in [2.75, 3.05) is 32.0 Å². The summed E-state index contributed by atoms with van der Waals surface area (Å²) in [5, 5.41) is 23.2. The number of nitrogens with zero attached hydrogens (tertiary/aromatic N) is 2. The zero-order chi connectivity index (χ0) is 37.5. The second-order valence-corrected chi connectivity index (χ2v) is 13.1. The number of rotatable bonds is 9. The standard InChI is InChI=1S/C27H28ClF3N4O4.C9H9NO3/c28-17-3-4-18(19(10-17)16-2-1-9-38-13-16)23(27(29,30)31)39-22-11-20(34-25(32)35-22)15-5-7-26(8-6-15)12-21(24(36)37)33-14-26;11-8(12)6-10-9(13)7-4-2-1-3-5-7/h2-5,10-11,21,23,33H,1,6-9,12-14H2,(H,36,37)(H2,32,34,35);1-5H,6H2,(H,10,13)(H,11,12)/t21?,23-,26?;/m1./s1. The number of halogens is 4. The molecule has 0 radical (unpaired) electrons. The maximum absolute atomic E-state index is 14.4. The SMILES string of the molecule is Nc1nc(O[C@H](c2ccc(Cl)cc2C2=CCCOC2)C(F)(F)F)cc(C2=CCC3(CC2)CNC(C(=O)O)C3)n1.O=C(O)CNC(=O)c1ccccc1. The molecule has 2 unspecified atom stereocenters. The van der Waals surface area contributed by atoms with Crippen molar-refractivity contribution in [2.24, 2.45) is 5.41 Å². The summed E-state index contributed by atoms with van der Waals surface area (Å²) in [6.07, 6.45) is -0.313. The zero-order valence-corrected chi connectivity index (χ0v) is 28.5. The number of carbonyl (C=O) groups is 3. The van der Waals surface area contributed by atoms with Crippen molar-refractivity contribution in [3.05, 3.63) is 94.2 Å². The lowest BCUT2D eigenvalue weighted by atomic mass is 9.73. The maximum atomic E-state index is 14.4. The number of ether oxygens (including phenoxy) is 2. The van der Waals surface area contributed by atoms with Gasteiger partial charge in [-0.15, -0.1) is 0 Å². The van der Waals surface area contributed by atoms with Crippen molar-refractivity contribution >= 4 is 46.5 Å². The minimum atomic E-state index is -4.77. The Bertz CT molecular complexity index is 1860. The van der Waals surface area contributed by atoms with E-state index < -0.39 is 30.3 Å². The Morgan fingerprint density at radius 1 is 1.10 bits per heavy atom. The molecule has 3 aliphatic rings. The number of carbonyl (C=O) groups excluding carboxylic acids is 1. The van der Waals surface area contributed by atoms with Crippen molar-refractivity contribution in [2.45, 2.75) is 50.4 Å². The van der Waals surface area contributed by atoms with Crippen molar-refractivity contribution in [3.8, 4) is 5.88 Å². The van der Waals surface area contributed by atoms with Gasteiger partial charge >= 0.3 is 18.1 Å². The van der Waals surface area contributed by atoms with Crippen LogP contribution in [0.25, 0.3) is 11.1 Å². The van der Waals surface area contributed by atoms with Gasteiger partial charge in [0.1, 0.15) is 12.6 Å². The third-order valence-corrected chi connectivity index (χ3v) is 9.18. The molecule has 3 aromatic rings. The summed E-state index contributed by atoms with van der Waals surface area (Å²) in [6, 6.07) is 13.4. The fourth-order valence-corrected chi connectivity index (χ4v) is 6.51. The number of alkyl halides is 3. The van der Waals surface area contributed by atoms with Crippen molar-refractivity contribution in [3.63, 3.8) is 0 Å². The summed E-state index contributed by atoms with van der Waals surface area (Å²) in [6.45, 7) is 0.899. The van der Waals surface area contributed by atoms with Gasteiger partial charge in [0.15, 0.2) is 0 Å². The van der Waals surface area contributed by atoms with Crippen LogP contribution in [0.2, 0.25) is 5.02 Å². The molecule has 1 aliphatic carbocycles. The van der Waals surface area contributed by atoms with E-state index in [0.717, 1.165) is 5.57 Å². The number of allylic oxidation sites excluding steroid dienone is 2. The second kappa shape index (κ2) is 16.6. The van der Waals surface area contributed by atoms with Crippen LogP contribution >= 0.6 is 11.6 Å². The Hall–Kier alpha value is -4.99. The number of carboxylic acid groups (broad SMARTS) is 2. The Labute approximate surface area is 301 Å². The Morgan fingerprint density at radius 3 is 2.48 bits per heavy atom. The van der Waals surface area contributed by atoms with Gasteiger partial charge in [0, 0.05) is 28.8 Å². The van der Waals surface area contributed by atoms with E-state index in [1.165, 1.54) is 24.3 Å². The van der Waals surface area contributed by atoms with E-state index in [-0.39, 0.29) is 41.9 Å². The summed E-state index contributed by atoms with van der Waals surface area (Å²) in [5.74, 6) is -2.81. The third kappa shape index (κ3) is 9.86. The van der Waals surface area contributed by atoms with Crippen LogP contribution in [-0.2, 0) is 14.3 Å². The minimum absolute atomic E-state index is 0.108. The topological polar surface area (TPSA) is 186 Å². The zero-order valence-electron chi connectivity index (χ0n) is 27.8. The lowest BCUT2D eigenvalue weighted by Crippen LogP contribution is -2.30. The van der Waals surface area contributed by atoms with Crippen LogP contribution in [0, 0.1) is 5.41 Å². The number of nitrogens with one attached hydrogen (secondary N) is 2. The van der Waals surface area contributed by atoms with Gasteiger partial charge in [-0.25, -0.2) is 4.98 Å². The first kappa shape index (κ1) is 38.2. The summed E-state index contributed by atoms with van der Waals surface area (Å²) < 4.78 is 54.2. The molecule has 1 spiro atoms. The highest BCUT2D eigenvalue weighted by Gasteiger charge is 2.45. The fourth-order valence-electron chi connectivity index (χ4n) is 6.34. The molecule has 6 rings (SSSR count). The molecule has 1 amide bonds. The summed E-state index contributed by atoms with van der Waals surface area (Å²) >= 11 is 6.14. The first-order valence-electron chi connectivity index (χ1n) is 16.4. The molecule has 2 aromatic carbocycles. The monoisotopic (exact) mass is 743 g/mol. The van der Waals surface area contributed by atoms with Crippen LogP contribution in [0.3, 0.4) is 0 Å². The van der Waals surface area contributed by atoms with Crippen LogP contribution in [0.15, 0.2) is 66.7 Å². The van der Waals surface area contributed by atoms with Gasteiger partial charge in [-0.1, -0.05) is 48.0 Å². The van der Waals surface area contributed by atoms with Gasteiger partial charge in [-0.3, -0.25) is 14.4 Å². The normalized spacial score (nSPS) is 20.5. The molecule has 16 heteroatoms. The average Bonchev–Trinajstić information content (AvgIpc) is 3.54. The average molecular weight is 744 g/mol. The molecule has 1 aromatic heterocycles. The van der Waals surface area contributed by atoms with E-state index in [9.17, 15) is 32.7 Å². The molecule has 0 saturated carbocycles. The van der Waals surface area contributed by atoms with Gasteiger partial charge in [-0.2, -0.15) is 18.2 Å². The highest BCUT2D eigenvalue weighted by molar-refractivity contribution is 6.30. The first-order chi connectivity index (χ1) is 24.7. The molecule has 1 saturated heterocycles. The number of benzene rings is 2. The molecule has 6 N–H and O–H groups in total. The number of hydrogen-bond acceptors (Lipinski definition) is 9.